The van der Waals surface area contributed by atoms with Gasteiger partial charge in [-0.15, -0.1) is 0 Å². The lowest BCUT2D eigenvalue weighted by molar-refractivity contribution is -0.140. The molecule has 1 amide bonds. The fourth-order valence-corrected chi connectivity index (χ4v) is 4.20. The first-order chi connectivity index (χ1) is 17.3. The molecule has 3 aromatic carbocycles. The van der Waals surface area contributed by atoms with Crippen LogP contribution in [-0.4, -0.2) is 34.9 Å². The number of aliphatic hydroxyl groups is 1. The quantitative estimate of drug-likeness (QED) is 0.259. The highest BCUT2D eigenvalue weighted by atomic mass is 19.1. The summed E-state index contributed by atoms with van der Waals surface area (Å²) in [5.74, 6) is -2.27. The van der Waals surface area contributed by atoms with Gasteiger partial charge in [0.15, 0.2) is 0 Å². The predicted molar refractivity (Wildman–Crippen MR) is 129 cm³/mol. The average molecular weight is 494 g/mol. The van der Waals surface area contributed by atoms with Crippen molar-refractivity contribution in [2.75, 3.05) is 13.2 Å². The summed E-state index contributed by atoms with van der Waals surface area (Å²) in [6.07, 6.45) is 0. The largest absolute Gasteiger partial charge is 0.507 e. The Bertz CT molecular complexity index is 1300. The predicted octanol–water partition coefficient (Wildman–Crippen LogP) is 5.38. The number of nitrogens with zero attached hydrogens (tertiary/aromatic N) is 1. The molecule has 6 nitrogen and oxygen atoms in total. The standard InChI is InChI=1S/C28H25F2NO5/c1-3-35-21-13-14-22(23(15-21)36-4-2)26(32)24-25(18-7-11-20(30)12-8-18)31(28(34)27(24)33)16-17-5-9-19(29)10-6-17/h5-15,25,32H,3-4,16H2,1-2H3/b26-24-. The van der Waals surface area contributed by atoms with Crippen molar-refractivity contribution in [2.24, 2.45) is 0 Å². The summed E-state index contributed by atoms with van der Waals surface area (Å²) < 4.78 is 38.3. The Morgan fingerprint density at radius 2 is 1.50 bits per heavy atom. The third-order valence-electron chi connectivity index (χ3n) is 5.81. The number of Topliss-reactive ketones (excluding diaryl/α,β-unsaturated/α-hetero) is 1. The maximum atomic E-state index is 13.7. The van der Waals surface area contributed by atoms with Crippen molar-refractivity contribution in [3.63, 3.8) is 0 Å². The monoisotopic (exact) mass is 493 g/mol. The molecule has 1 fully saturated rings. The third-order valence-corrected chi connectivity index (χ3v) is 5.81. The van der Waals surface area contributed by atoms with E-state index in [1.807, 2.05) is 6.92 Å². The Kier molecular flexibility index (Phi) is 7.33. The first kappa shape index (κ1) is 24.9. The molecule has 36 heavy (non-hydrogen) atoms. The van der Waals surface area contributed by atoms with Gasteiger partial charge in [-0.1, -0.05) is 24.3 Å². The van der Waals surface area contributed by atoms with Gasteiger partial charge in [-0.3, -0.25) is 9.59 Å². The van der Waals surface area contributed by atoms with Crippen molar-refractivity contribution >= 4 is 17.4 Å². The molecule has 0 bridgehead atoms. The zero-order valence-corrected chi connectivity index (χ0v) is 19.8. The van der Waals surface area contributed by atoms with Gasteiger partial charge in [0.1, 0.15) is 28.9 Å². The molecule has 8 heteroatoms. The summed E-state index contributed by atoms with van der Waals surface area (Å²) in [5.41, 5.74) is 1.08. The summed E-state index contributed by atoms with van der Waals surface area (Å²) >= 11 is 0. The highest BCUT2D eigenvalue weighted by Gasteiger charge is 2.46. The van der Waals surface area contributed by atoms with Crippen molar-refractivity contribution in [2.45, 2.75) is 26.4 Å². The Morgan fingerprint density at radius 3 is 2.11 bits per heavy atom. The number of hydrogen-bond acceptors (Lipinski definition) is 5. The Hall–Kier alpha value is -4.20. The van der Waals surface area contributed by atoms with Gasteiger partial charge >= 0.3 is 0 Å². The maximum absolute atomic E-state index is 13.7. The van der Waals surface area contributed by atoms with E-state index in [-0.39, 0.29) is 30.0 Å². The van der Waals surface area contributed by atoms with Crippen LogP contribution in [0, 0.1) is 11.6 Å². The van der Waals surface area contributed by atoms with Gasteiger partial charge in [-0.2, -0.15) is 0 Å². The van der Waals surface area contributed by atoms with Crippen LogP contribution in [0.3, 0.4) is 0 Å². The van der Waals surface area contributed by atoms with Crippen LogP contribution in [0.2, 0.25) is 0 Å². The smallest absolute Gasteiger partial charge is 0.295 e. The molecule has 1 N–H and O–H groups in total. The minimum absolute atomic E-state index is 0.0225. The molecule has 1 saturated heterocycles. The van der Waals surface area contributed by atoms with E-state index in [0.717, 1.165) is 0 Å². The van der Waals surface area contributed by atoms with E-state index in [4.69, 9.17) is 9.47 Å². The minimum atomic E-state index is -1.00. The second-order valence-electron chi connectivity index (χ2n) is 8.13. The average Bonchev–Trinajstić information content (AvgIpc) is 3.11. The Morgan fingerprint density at radius 1 is 0.889 bits per heavy atom. The summed E-state index contributed by atoms with van der Waals surface area (Å²) in [5, 5.41) is 11.4. The molecule has 1 aliphatic rings. The van der Waals surface area contributed by atoms with Crippen LogP contribution in [0.15, 0.2) is 72.3 Å². The lowest BCUT2D eigenvalue weighted by atomic mass is 9.94. The van der Waals surface area contributed by atoms with Crippen molar-refractivity contribution in [3.8, 4) is 11.5 Å². The number of amides is 1. The number of hydrogen-bond donors (Lipinski definition) is 1. The van der Waals surface area contributed by atoms with E-state index in [2.05, 4.69) is 0 Å². The van der Waals surface area contributed by atoms with Crippen molar-refractivity contribution in [3.05, 3.63) is 101 Å². The Balaban J connectivity index is 1.86. The maximum Gasteiger partial charge on any atom is 0.295 e. The number of benzene rings is 3. The van der Waals surface area contributed by atoms with Crippen molar-refractivity contribution in [1.29, 1.82) is 0 Å². The topological polar surface area (TPSA) is 76.1 Å². The highest BCUT2D eigenvalue weighted by molar-refractivity contribution is 6.46. The van der Waals surface area contributed by atoms with E-state index in [9.17, 15) is 23.5 Å². The SMILES string of the molecule is CCOc1ccc(/C(O)=C2/C(=O)C(=O)N(Cc3ccc(F)cc3)C2c2ccc(F)cc2)c(OCC)c1. The molecule has 1 aliphatic heterocycles. The number of halogens is 2. The van der Waals surface area contributed by atoms with Gasteiger partial charge in [0, 0.05) is 12.6 Å². The first-order valence-electron chi connectivity index (χ1n) is 11.5. The van der Waals surface area contributed by atoms with Crippen LogP contribution in [0.5, 0.6) is 11.5 Å². The second-order valence-corrected chi connectivity index (χ2v) is 8.13. The number of likely N-dealkylation sites (tertiary alicyclic amines) is 1. The minimum Gasteiger partial charge on any atom is -0.507 e. The molecule has 186 valence electrons. The number of ketones is 1. The number of carbonyl (C=O) groups excluding carboxylic acids is 2. The van der Waals surface area contributed by atoms with E-state index in [1.165, 1.54) is 53.4 Å². The zero-order chi connectivity index (χ0) is 25.8. The fourth-order valence-electron chi connectivity index (χ4n) is 4.20. The summed E-state index contributed by atoms with van der Waals surface area (Å²) in [7, 11) is 0. The van der Waals surface area contributed by atoms with Crippen LogP contribution in [-0.2, 0) is 16.1 Å². The summed E-state index contributed by atoms with van der Waals surface area (Å²) in [6, 6.07) is 14.7. The summed E-state index contributed by atoms with van der Waals surface area (Å²) in [4.78, 5) is 27.7. The number of ether oxygens (including phenoxy) is 2. The van der Waals surface area contributed by atoms with E-state index in [0.29, 0.717) is 23.5 Å². The van der Waals surface area contributed by atoms with Gasteiger partial charge < -0.3 is 19.5 Å². The molecule has 1 unspecified atom stereocenters. The molecule has 0 spiro atoms. The van der Waals surface area contributed by atoms with Crippen LogP contribution < -0.4 is 9.47 Å². The molecule has 0 radical (unpaired) electrons. The molecule has 4 rings (SSSR count). The van der Waals surface area contributed by atoms with Gasteiger partial charge in [0.25, 0.3) is 11.7 Å². The molecule has 0 aromatic heterocycles. The number of carbonyl (C=O) groups is 2. The van der Waals surface area contributed by atoms with E-state index >= 15 is 0 Å². The van der Waals surface area contributed by atoms with Gasteiger partial charge in [0.2, 0.25) is 0 Å². The van der Waals surface area contributed by atoms with E-state index in [1.54, 1.807) is 25.1 Å². The van der Waals surface area contributed by atoms with Crippen LogP contribution in [0.1, 0.15) is 36.6 Å². The van der Waals surface area contributed by atoms with Gasteiger partial charge in [-0.05, 0) is 61.4 Å². The fraction of sp³-hybridized carbons (Fsp3) is 0.214. The third kappa shape index (κ3) is 4.93. The number of rotatable bonds is 8. The van der Waals surface area contributed by atoms with Crippen LogP contribution in [0.25, 0.3) is 5.76 Å². The lowest BCUT2D eigenvalue weighted by Gasteiger charge is -2.25. The molecule has 3 aromatic rings. The molecule has 0 aliphatic carbocycles. The number of aliphatic hydroxyl groups excluding tert-OH is 1. The molecular weight excluding hydrogens is 468 g/mol. The van der Waals surface area contributed by atoms with Crippen molar-refractivity contribution < 1.29 is 33.0 Å². The summed E-state index contributed by atoms with van der Waals surface area (Å²) in [6.45, 7) is 4.30. The molecular formula is C28H25F2NO5. The Labute approximate surface area is 207 Å². The van der Waals surface area contributed by atoms with Crippen LogP contribution in [0.4, 0.5) is 8.78 Å². The van der Waals surface area contributed by atoms with E-state index < -0.39 is 35.1 Å². The zero-order valence-electron chi connectivity index (χ0n) is 19.8. The van der Waals surface area contributed by atoms with Crippen molar-refractivity contribution in [1.82, 2.24) is 4.90 Å². The normalized spacial score (nSPS) is 16.9. The second kappa shape index (κ2) is 10.6. The highest BCUT2D eigenvalue weighted by Crippen LogP contribution is 2.42. The molecule has 0 saturated carbocycles. The van der Waals surface area contributed by atoms with Gasteiger partial charge in [0.05, 0.1) is 30.4 Å². The lowest BCUT2D eigenvalue weighted by Crippen LogP contribution is -2.29. The first-order valence-corrected chi connectivity index (χ1v) is 11.5. The molecule has 1 heterocycles. The van der Waals surface area contributed by atoms with Gasteiger partial charge in [-0.25, -0.2) is 8.78 Å². The van der Waals surface area contributed by atoms with Crippen LogP contribution >= 0.6 is 0 Å². The molecule has 1 atom stereocenters.